The molecule has 4 rings (SSSR count). The maximum atomic E-state index is 7.20. The molecule has 4 aromatic carbocycles. The van der Waals surface area contributed by atoms with Crippen molar-refractivity contribution in [2.75, 3.05) is 14.2 Å². The molecular formula is C28H28O3Si2. The molecule has 5 heteroatoms. The highest BCUT2D eigenvalue weighted by atomic mass is 28.4. The number of rotatable bonds is 8. The molecule has 166 valence electrons. The minimum atomic E-state index is -1.55. The van der Waals surface area contributed by atoms with Gasteiger partial charge in [-0.1, -0.05) is 72.8 Å². The first-order valence-electron chi connectivity index (χ1n) is 10.9. The molecule has 0 fully saturated rings. The third kappa shape index (κ3) is 5.63. The number of hydrogen-bond donors (Lipinski definition) is 0. The lowest BCUT2D eigenvalue weighted by Gasteiger charge is -2.24. The Morgan fingerprint density at radius 2 is 0.879 bits per heavy atom. The summed E-state index contributed by atoms with van der Waals surface area (Å²) in [5.41, 5.74) is 2.33. The Morgan fingerprint density at radius 1 is 0.485 bits per heavy atom. The van der Waals surface area contributed by atoms with E-state index in [4.69, 9.17) is 13.6 Å². The molecule has 0 saturated carbocycles. The van der Waals surface area contributed by atoms with Crippen molar-refractivity contribution < 1.29 is 13.6 Å². The summed E-state index contributed by atoms with van der Waals surface area (Å²) in [5.74, 6) is 1.72. The average molecular weight is 469 g/mol. The summed E-state index contributed by atoms with van der Waals surface area (Å²) in [6.07, 6.45) is 0. The van der Waals surface area contributed by atoms with E-state index in [1.807, 2.05) is 12.1 Å². The smallest absolute Gasteiger partial charge is 0.272 e. The van der Waals surface area contributed by atoms with Gasteiger partial charge in [-0.2, -0.15) is 0 Å². The number of ether oxygens (including phenoxy) is 2. The highest BCUT2D eigenvalue weighted by Crippen LogP contribution is 2.14. The van der Waals surface area contributed by atoms with Crippen LogP contribution in [-0.4, -0.2) is 32.3 Å². The molecule has 4 aromatic rings. The normalized spacial score (nSPS) is 11.1. The maximum Gasteiger partial charge on any atom is 0.272 e. The first-order valence-corrected chi connectivity index (χ1v) is 13.7. The molecule has 0 saturated heterocycles. The molecule has 0 aromatic heterocycles. The van der Waals surface area contributed by atoms with Crippen molar-refractivity contribution in [3.8, 4) is 11.5 Å². The second kappa shape index (κ2) is 10.7. The topological polar surface area (TPSA) is 27.7 Å². The van der Waals surface area contributed by atoms with Crippen molar-refractivity contribution in [2.24, 2.45) is 0 Å². The Kier molecular flexibility index (Phi) is 7.44. The van der Waals surface area contributed by atoms with Gasteiger partial charge < -0.3 is 13.6 Å². The largest absolute Gasteiger partial charge is 0.497 e. The predicted molar refractivity (Wildman–Crippen MR) is 139 cm³/mol. The van der Waals surface area contributed by atoms with Gasteiger partial charge in [0.05, 0.1) is 14.2 Å². The lowest BCUT2D eigenvalue weighted by Crippen LogP contribution is -2.56. The van der Waals surface area contributed by atoms with E-state index in [1.165, 1.54) is 20.7 Å². The molecule has 3 nitrogen and oxygen atoms in total. The SMILES string of the molecule is COc1cc(C)cc([Si](O[Si](c2ccccc2)c2cc(C)cc(OC)c2)c2ccccc2)c1. The predicted octanol–water partition coefficient (Wildman–Crippen LogP) is 3.25. The Hall–Kier alpha value is -3.13. The number of benzene rings is 4. The summed E-state index contributed by atoms with van der Waals surface area (Å²) in [7, 11) is 0.321. The van der Waals surface area contributed by atoms with Gasteiger partial charge in [-0.3, -0.25) is 0 Å². The number of aryl methyl sites for hydroxylation is 2. The second-order valence-electron chi connectivity index (χ2n) is 7.97. The van der Waals surface area contributed by atoms with Crippen molar-refractivity contribution >= 4 is 38.8 Å². The van der Waals surface area contributed by atoms with E-state index >= 15 is 0 Å². The summed E-state index contributed by atoms with van der Waals surface area (Å²) in [6, 6.07) is 33.9. The van der Waals surface area contributed by atoms with Gasteiger partial charge in [0, 0.05) is 0 Å². The van der Waals surface area contributed by atoms with E-state index in [9.17, 15) is 0 Å². The zero-order valence-corrected chi connectivity index (χ0v) is 21.5. The molecule has 2 radical (unpaired) electrons. The summed E-state index contributed by atoms with van der Waals surface area (Å²) in [5, 5.41) is 4.80. The van der Waals surface area contributed by atoms with Gasteiger partial charge in [-0.15, -0.1) is 0 Å². The van der Waals surface area contributed by atoms with Crippen LogP contribution in [-0.2, 0) is 4.12 Å². The van der Waals surface area contributed by atoms with Crippen LogP contribution in [0, 0.1) is 13.8 Å². The monoisotopic (exact) mass is 468 g/mol. The third-order valence-corrected chi connectivity index (χ3v) is 10.3. The third-order valence-electron chi connectivity index (χ3n) is 5.37. The van der Waals surface area contributed by atoms with Crippen LogP contribution >= 0.6 is 0 Å². The molecular weight excluding hydrogens is 440 g/mol. The molecule has 33 heavy (non-hydrogen) atoms. The van der Waals surface area contributed by atoms with Crippen LogP contribution in [0.1, 0.15) is 11.1 Å². The van der Waals surface area contributed by atoms with Crippen LogP contribution in [0.2, 0.25) is 0 Å². The summed E-state index contributed by atoms with van der Waals surface area (Å²) in [4.78, 5) is 0. The summed E-state index contributed by atoms with van der Waals surface area (Å²) in [6.45, 7) is 4.20. The van der Waals surface area contributed by atoms with Gasteiger partial charge in [0.15, 0.2) is 0 Å². The molecule has 0 aliphatic carbocycles. The molecule has 0 N–H and O–H groups in total. The first kappa shape index (κ1) is 23.0. The standard InChI is InChI=1S/C28H28O3Si2/c1-21-15-23(29-3)19-27(17-21)32(25-11-7-5-8-12-25)31-33(26-13-9-6-10-14-26)28-18-22(2)16-24(20-28)30-4/h5-20H,1-4H3. The lowest BCUT2D eigenvalue weighted by molar-refractivity contribution is 0.414. The van der Waals surface area contributed by atoms with Gasteiger partial charge in [-0.05, 0) is 70.0 Å². The van der Waals surface area contributed by atoms with E-state index in [0.717, 1.165) is 22.6 Å². The van der Waals surface area contributed by atoms with Crippen LogP contribution in [0.25, 0.3) is 0 Å². The number of methoxy groups -OCH3 is 2. The Morgan fingerprint density at radius 3 is 1.24 bits per heavy atom. The highest BCUT2D eigenvalue weighted by molar-refractivity contribution is 6.91. The van der Waals surface area contributed by atoms with Crippen LogP contribution in [0.5, 0.6) is 11.5 Å². The van der Waals surface area contributed by atoms with Gasteiger partial charge >= 0.3 is 0 Å². The van der Waals surface area contributed by atoms with E-state index in [2.05, 4.69) is 98.8 Å². The van der Waals surface area contributed by atoms with Crippen molar-refractivity contribution in [1.82, 2.24) is 0 Å². The first-order chi connectivity index (χ1) is 16.1. The zero-order valence-electron chi connectivity index (χ0n) is 19.5. The minimum Gasteiger partial charge on any atom is -0.497 e. The fraction of sp³-hybridized carbons (Fsp3) is 0.143. The van der Waals surface area contributed by atoms with E-state index in [1.54, 1.807) is 14.2 Å². The summed E-state index contributed by atoms with van der Waals surface area (Å²) >= 11 is 0. The van der Waals surface area contributed by atoms with Crippen molar-refractivity contribution in [3.63, 3.8) is 0 Å². The lowest BCUT2D eigenvalue weighted by atomic mass is 10.2. The van der Waals surface area contributed by atoms with E-state index < -0.39 is 18.1 Å². The molecule has 0 unspecified atom stereocenters. The fourth-order valence-electron chi connectivity index (χ4n) is 3.84. The van der Waals surface area contributed by atoms with Crippen LogP contribution in [0.15, 0.2) is 97.1 Å². The zero-order chi connectivity index (χ0) is 23.2. The van der Waals surface area contributed by atoms with E-state index in [0.29, 0.717) is 0 Å². The molecule has 0 heterocycles. The van der Waals surface area contributed by atoms with Gasteiger partial charge in [-0.25, -0.2) is 0 Å². The average Bonchev–Trinajstić information content (AvgIpc) is 2.85. The Balaban J connectivity index is 1.85. The molecule has 0 amide bonds. The van der Waals surface area contributed by atoms with Gasteiger partial charge in [0.2, 0.25) is 0 Å². The van der Waals surface area contributed by atoms with E-state index in [-0.39, 0.29) is 0 Å². The number of hydrogen-bond acceptors (Lipinski definition) is 3. The minimum absolute atomic E-state index is 0.859. The Labute approximate surface area is 200 Å². The van der Waals surface area contributed by atoms with Crippen molar-refractivity contribution in [2.45, 2.75) is 13.8 Å². The van der Waals surface area contributed by atoms with Crippen LogP contribution in [0.3, 0.4) is 0 Å². The van der Waals surface area contributed by atoms with Crippen molar-refractivity contribution in [1.29, 1.82) is 0 Å². The fourth-order valence-corrected chi connectivity index (χ4v) is 9.47. The highest BCUT2D eigenvalue weighted by Gasteiger charge is 2.29. The molecule has 0 atom stereocenters. The van der Waals surface area contributed by atoms with Crippen LogP contribution < -0.4 is 30.2 Å². The molecule has 0 spiro atoms. The van der Waals surface area contributed by atoms with Crippen LogP contribution in [0.4, 0.5) is 0 Å². The van der Waals surface area contributed by atoms with Gasteiger partial charge in [0.1, 0.15) is 11.5 Å². The molecule has 0 aliphatic rings. The maximum absolute atomic E-state index is 7.20. The second-order valence-corrected chi connectivity index (χ2v) is 12.4. The quantitative estimate of drug-likeness (QED) is 0.372. The molecule has 0 bridgehead atoms. The van der Waals surface area contributed by atoms with Crippen molar-refractivity contribution in [3.05, 3.63) is 108 Å². The molecule has 0 aliphatic heterocycles. The van der Waals surface area contributed by atoms with Gasteiger partial charge in [0.25, 0.3) is 18.1 Å². The Bertz CT molecular complexity index is 1100. The summed E-state index contributed by atoms with van der Waals surface area (Å²) < 4.78 is 18.4.